The van der Waals surface area contributed by atoms with Gasteiger partial charge in [-0.1, -0.05) is 12.5 Å². The van der Waals surface area contributed by atoms with Gasteiger partial charge in [0.2, 0.25) is 0 Å². The van der Waals surface area contributed by atoms with Crippen LogP contribution in [0, 0.1) is 0 Å². The zero-order valence-electron chi connectivity index (χ0n) is 7.06. The molecule has 1 heterocycles. The summed E-state index contributed by atoms with van der Waals surface area (Å²) in [6, 6.07) is 0. The van der Waals surface area contributed by atoms with Gasteiger partial charge in [0.15, 0.2) is 0 Å². The van der Waals surface area contributed by atoms with E-state index in [1.54, 1.807) is 0 Å². The molecule has 1 heteroatoms. The Bertz CT molecular complexity index is 127. The molecule has 0 spiro atoms. The normalized spacial score (nSPS) is 25.0. The van der Waals surface area contributed by atoms with Crippen molar-refractivity contribution in [1.82, 2.24) is 4.90 Å². The van der Waals surface area contributed by atoms with Crippen LogP contribution in [0.1, 0.15) is 32.6 Å². The Morgan fingerprint density at radius 1 is 1.30 bits per heavy atom. The molecular formula is C9H17N. The molecule has 0 bridgehead atoms. The fourth-order valence-electron chi connectivity index (χ4n) is 1.53. The quantitative estimate of drug-likeness (QED) is 0.498. The predicted octanol–water partition coefficient (Wildman–Crippen LogP) is 2.40. The van der Waals surface area contributed by atoms with Gasteiger partial charge in [-0.15, -0.1) is 0 Å². The van der Waals surface area contributed by atoms with Gasteiger partial charge in [-0.05, 0) is 26.2 Å². The maximum Gasteiger partial charge on any atom is 0.0171 e. The number of rotatable bonds is 0. The second-order valence-corrected chi connectivity index (χ2v) is 3.01. The summed E-state index contributed by atoms with van der Waals surface area (Å²) in [5.41, 5.74) is 1.53. The average molecular weight is 139 g/mol. The van der Waals surface area contributed by atoms with Crippen LogP contribution in [-0.4, -0.2) is 18.5 Å². The van der Waals surface area contributed by atoms with E-state index in [0.29, 0.717) is 0 Å². The molecule has 0 radical (unpaired) electrons. The van der Waals surface area contributed by atoms with Gasteiger partial charge < -0.3 is 4.90 Å². The minimum absolute atomic E-state index is 1.25. The zero-order chi connectivity index (χ0) is 7.40. The highest BCUT2D eigenvalue weighted by Crippen LogP contribution is 2.17. The van der Waals surface area contributed by atoms with Crippen LogP contribution in [-0.2, 0) is 0 Å². The second-order valence-electron chi connectivity index (χ2n) is 3.01. The van der Waals surface area contributed by atoms with Gasteiger partial charge in [-0.25, -0.2) is 0 Å². The first-order chi connectivity index (χ1) is 4.84. The van der Waals surface area contributed by atoms with Crippen molar-refractivity contribution in [2.45, 2.75) is 32.6 Å². The van der Waals surface area contributed by atoms with E-state index >= 15 is 0 Å². The van der Waals surface area contributed by atoms with Gasteiger partial charge in [0, 0.05) is 19.3 Å². The maximum atomic E-state index is 2.38. The van der Waals surface area contributed by atoms with Crippen molar-refractivity contribution in [2.75, 3.05) is 13.6 Å². The van der Waals surface area contributed by atoms with Crippen LogP contribution in [0.4, 0.5) is 0 Å². The van der Waals surface area contributed by atoms with Crippen molar-refractivity contribution < 1.29 is 0 Å². The van der Waals surface area contributed by atoms with Crippen molar-refractivity contribution in [3.8, 4) is 0 Å². The number of likely N-dealkylation sites (tertiary alicyclic amines) is 1. The Balaban J connectivity index is 2.52. The molecule has 0 unspecified atom stereocenters. The first-order valence-corrected chi connectivity index (χ1v) is 4.21. The number of hydrogen-bond donors (Lipinski definition) is 0. The fourth-order valence-corrected chi connectivity index (χ4v) is 1.53. The molecule has 0 aromatic heterocycles. The monoisotopic (exact) mass is 139 g/mol. The van der Waals surface area contributed by atoms with Gasteiger partial charge in [0.25, 0.3) is 0 Å². The van der Waals surface area contributed by atoms with E-state index in [4.69, 9.17) is 0 Å². The standard InChI is InChI=1S/C9H17N/c1-3-9-7-5-4-6-8-10(9)2/h3H,4-8H2,1-2H3/b9-3-. The SMILES string of the molecule is C/C=C1/CCCCCN1C. The first-order valence-electron chi connectivity index (χ1n) is 4.21. The average Bonchev–Trinajstić information content (AvgIpc) is 2.13. The minimum atomic E-state index is 1.25. The van der Waals surface area contributed by atoms with E-state index in [0.717, 1.165) is 0 Å². The van der Waals surface area contributed by atoms with Crippen LogP contribution in [0.15, 0.2) is 11.8 Å². The van der Waals surface area contributed by atoms with Gasteiger partial charge in [-0.3, -0.25) is 0 Å². The Labute approximate surface area is 63.7 Å². The third-order valence-electron chi connectivity index (χ3n) is 2.25. The lowest BCUT2D eigenvalue weighted by Gasteiger charge is -2.18. The second kappa shape index (κ2) is 3.65. The summed E-state index contributed by atoms with van der Waals surface area (Å²) >= 11 is 0. The number of hydrogen-bond acceptors (Lipinski definition) is 1. The summed E-state index contributed by atoms with van der Waals surface area (Å²) in [5.74, 6) is 0. The third-order valence-corrected chi connectivity index (χ3v) is 2.25. The van der Waals surface area contributed by atoms with E-state index in [1.165, 1.54) is 37.9 Å². The lowest BCUT2D eigenvalue weighted by atomic mass is 10.2. The lowest BCUT2D eigenvalue weighted by Crippen LogP contribution is -2.16. The van der Waals surface area contributed by atoms with E-state index in [-0.39, 0.29) is 0 Å². The highest BCUT2D eigenvalue weighted by Gasteiger charge is 2.06. The van der Waals surface area contributed by atoms with Crippen LogP contribution < -0.4 is 0 Å². The third kappa shape index (κ3) is 1.76. The Hall–Kier alpha value is -0.460. The molecule has 0 N–H and O–H groups in total. The molecule has 58 valence electrons. The van der Waals surface area contributed by atoms with Crippen molar-refractivity contribution >= 4 is 0 Å². The summed E-state index contributed by atoms with van der Waals surface area (Å²) in [6.45, 7) is 3.39. The summed E-state index contributed by atoms with van der Waals surface area (Å²) in [7, 11) is 2.20. The first kappa shape index (κ1) is 7.64. The molecular weight excluding hydrogens is 122 g/mol. The molecule has 0 aliphatic carbocycles. The number of allylic oxidation sites excluding steroid dienone is 2. The summed E-state index contributed by atoms with van der Waals surface area (Å²) in [5, 5.41) is 0. The minimum Gasteiger partial charge on any atom is -0.378 e. The largest absolute Gasteiger partial charge is 0.378 e. The summed E-state index contributed by atoms with van der Waals surface area (Å²) in [6.07, 6.45) is 7.68. The molecule has 1 aliphatic rings. The molecule has 10 heavy (non-hydrogen) atoms. The molecule has 0 amide bonds. The van der Waals surface area contributed by atoms with Crippen LogP contribution in [0.2, 0.25) is 0 Å². The molecule has 0 atom stereocenters. The summed E-state index contributed by atoms with van der Waals surface area (Å²) < 4.78 is 0. The highest BCUT2D eigenvalue weighted by atomic mass is 15.1. The molecule has 1 rings (SSSR count). The zero-order valence-corrected chi connectivity index (χ0v) is 7.06. The van der Waals surface area contributed by atoms with Gasteiger partial charge in [0.05, 0.1) is 0 Å². The van der Waals surface area contributed by atoms with Gasteiger partial charge >= 0.3 is 0 Å². The van der Waals surface area contributed by atoms with Crippen molar-refractivity contribution in [3.63, 3.8) is 0 Å². The molecule has 0 saturated carbocycles. The van der Waals surface area contributed by atoms with E-state index in [2.05, 4.69) is 24.9 Å². The summed E-state index contributed by atoms with van der Waals surface area (Å²) in [4.78, 5) is 2.38. The lowest BCUT2D eigenvalue weighted by molar-refractivity contribution is 0.417. The topological polar surface area (TPSA) is 3.24 Å². The van der Waals surface area contributed by atoms with Crippen LogP contribution >= 0.6 is 0 Å². The molecule has 1 saturated heterocycles. The van der Waals surface area contributed by atoms with Gasteiger partial charge in [-0.2, -0.15) is 0 Å². The van der Waals surface area contributed by atoms with Crippen molar-refractivity contribution in [3.05, 3.63) is 11.8 Å². The molecule has 1 aliphatic heterocycles. The van der Waals surface area contributed by atoms with Gasteiger partial charge in [0.1, 0.15) is 0 Å². The molecule has 0 aromatic rings. The van der Waals surface area contributed by atoms with E-state index < -0.39 is 0 Å². The highest BCUT2D eigenvalue weighted by molar-refractivity contribution is 4.99. The van der Waals surface area contributed by atoms with Crippen LogP contribution in [0.3, 0.4) is 0 Å². The van der Waals surface area contributed by atoms with Crippen LogP contribution in [0.25, 0.3) is 0 Å². The molecule has 1 fully saturated rings. The van der Waals surface area contributed by atoms with E-state index in [1.807, 2.05) is 0 Å². The maximum absolute atomic E-state index is 2.38. The fraction of sp³-hybridized carbons (Fsp3) is 0.778. The van der Waals surface area contributed by atoms with Crippen molar-refractivity contribution in [2.24, 2.45) is 0 Å². The van der Waals surface area contributed by atoms with Crippen LogP contribution in [0.5, 0.6) is 0 Å². The predicted molar refractivity (Wildman–Crippen MR) is 44.9 cm³/mol. The van der Waals surface area contributed by atoms with E-state index in [9.17, 15) is 0 Å². The number of nitrogens with zero attached hydrogens (tertiary/aromatic N) is 1. The molecule has 1 nitrogen and oxygen atoms in total. The Morgan fingerprint density at radius 2 is 2.10 bits per heavy atom. The molecule has 0 aromatic carbocycles. The Kier molecular flexibility index (Phi) is 2.79. The Morgan fingerprint density at radius 3 is 2.80 bits per heavy atom. The smallest absolute Gasteiger partial charge is 0.0171 e. The van der Waals surface area contributed by atoms with Crippen molar-refractivity contribution in [1.29, 1.82) is 0 Å².